The number of rotatable bonds is 7. The van der Waals surface area contributed by atoms with E-state index in [-0.39, 0.29) is 11.7 Å². The van der Waals surface area contributed by atoms with Crippen molar-refractivity contribution in [2.75, 3.05) is 6.26 Å². The first-order valence-corrected chi connectivity index (χ1v) is 13.7. The SMILES string of the molecule is CSc1ccc(C(=O)C2C(c3ccccc3)C(C(N)=O)N(C(=O)c3ccccc3)C2c2ccccc2)cc1. The number of thioether (sulfide) groups is 1. The second-order valence-corrected chi connectivity index (χ2v) is 10.2. The van der Waals surface area contributed by atoms with Crippen molar-refractivity contribution >= 4 is 29.4 Å². The number of ketones is 1. The number of benzene rings is 4. The van der Waals surface area contributed by atoms with Crippen molar-refractivity contribution in [1.82, 2.24) is 4.90 Å². The minimum Gasteiger partial charge on any atom is -0.368 e. The summed E-state index contributed by atoms with van der Waals surface area (Å²) in [7, 11) is 0. The Kier molecular flexibility index (Phi) is 7.43. The van der Waals surface area contributed by atoms with E-state index < -0.39 is 29.8 Å². The molecule has 4 aromatic carbocycles. The van der Waals surface area contributed by atoms with Crippen molar-refractivity contribution in [3.8, 4) is 0 Å². The van der Waals surface area contributed by atoms with E-state index in [0.29, 0.717) is 11.1 Å². The minimum atomic E-state index is -1.02. The lowest BCUT2D eigenvalue weighted by molar-refractivity contribution is -0.122. The molecule has 1 fully saturated rings. The fourth-order valence-electron chi connectivity index (χ4n) is 5.55. The van der Waals surface area contributed by atoms with Gasteiger partial charge in [-0.25, -0.2) is 0 Å². The Bertz CT molecular complexity index is 1430. The summed E-state index contributed by atoms with van der Waals surface area (Å²) >= 11 is 1.60. The molecule has 4 aromatic rings. The molecule has 38 heavy (non-hydrogen) atoms. The van der Waals surface area contributed by atoms with Gasteiger partial charge in [-0.3, -0.25) is 14.4 Å². The Balaban J connectivity index is 1.74. The molecule has 1 saturated heterocycles. The number of Topliss-reactive ketones (excluding diaryl/α,β-unsaturated/α-hetero) is 1. The quantitative estimate of drug-likeness (QED) is 0.249. The Morgan fingerprint density at radius 1 is 0.684 bits per heavy atom. The largest absolute Gasteiger partial charge is 0.368 e. The number of likely N-dealkylation sites (tertiary alicyclic amines) is 1. The molecule has 0 saturated carbocycles. The zero-order valence-corrected chi connectivity index (χ0v) is 21.8. The lowest BCUT2D eigenvalue weighted by atomic mass is 9.76. The fourth-order valence-corrected chi connectivity index (χ4v) is 5.95. The number of primary amides is 1. The topological polar surface area (TPSA) is 80.5 Å². The first kappa shape index (κ1) is 25.5. The van der Waals surface area contributed by atoms with Crippen LogP contribution in [0, 0.1) is 5.92 Å². The number of amides is 2. The van der Waals surface area contributed by atoms with Crippen molar-refractivity contribution in [1.29, 1.82) is 0 Å². The highest BCUT2D eigenvalue weighted by Crippen LogP contribution is 2.51. The van der Waals surface area contributed by atoms with Gasteiger partial charge in [0.05, 0.1) is 12.0 Å². The van der Waals surface area contributed by atoms with E-state index in [0.717, 1.165) is 16.0 Å². The van der Waals surface area contributed by atoms with E-state index >= 15 is 0 Å². The van der Waals surface area contributed by atoms with Gasteiger partial charge >= 0.3 is 0 Å². The number of hydrogen-bond donors (Lipinski definition) is 1. The number of nitrogens with zero attached hydrogens (tertiary/aromatic N) is 1. The van der Waals surface area contributed by atoms with E-state index in [9.17, 15) is 14.4 Å². The van der Waals surface area contributed by atoms with Crippen LogP contribution in [0.4, 0.5) is 0 Å². The summed E-state index contributed by atoms with van der Waals surface area (Å²) in [5, 5.41) is 0. The van der Waals surface area contributed by atoms with Gasteiger partial charge in [0.2, 0.25) is 5.91 Å². The van der Waals surface area contributed by atoms with Crippen LogP contribution in [0.5, 0.6) is 0 Å². The van der Waals surface area contributed by atoms with Gasteiger partial charge in [0.15, 0.2) is 5.78 Å². The zero-order chi connectivity index (χ0) is 26.6. The molecule has 1 heterocycles. The van der Waals surface area contributed by atoms with Gasteiger partial charge in [-0.15, -0.1) is 11.8 Å². The van der Waals surface area contributed by atoms with Crippen LogP contribution < -0.4 is 5.73 Å². The summed E-state index contributed by atoms with van der Waals surface area (Å²) < 4.78 is 0. The third kappa shape index (κ3) is 4.75. The molecule has 1 aliphatic rings. The van der Waals surface area contributed by atoms with Gasteiger partial charge in [0.1, 0.15) is 6.04 Å². The highest BCUT2D eigenvalue weighted by molar-refractivity contribution is 7.98. The van der Waals surface area contributed by atoms with Crippen molar-refractivity contribution in [3.05, 3.63) is 138 Å². The minimum absolute atomic E-state index is 0.130. The molecule has 0 spiro atoms. The Labute approximate surface area is 226 Å². The Hall–Kier alpha value is -4.16. The summed E-state index contributed by atoms with van der Waals surface area (Å²) in [6.07, 6.45) is 1.98. The van der Waals surface area contributed by atoms with E-state index in [4.69, 9.17) is 5.73 Å². The number of carbonyl (C=O) groups excluding carboxylic acids is 3. The molecule has 1 aliphatic heterocycles. The molecule has 0 bridgehead atoms. The van der Waals surface area contributed by atoms with Crippen molar-refractivity contribution < 1.29 is 14.4 Å². The van der Waals surface area contributed by atoms with Crippen LogP contribution in [-0.2, 0) is 4.79 Å². The molecule has 4 unspecified atom stereocenters. The molecule has 2 N–H and O–H groups in total. The van der Waals surface area contributed by atoms with Gasteiger partial charge in [-0.2, -0.15) is 0 Å². The lowest BCUT2D eigenvalue weighted by Crippen LogP contribution is -2.46. The number of nitrogens with two attached hydrogens (primary N) is 1. The summed E-state index contributed by atoms with van der Waals surface area (Å²) in [6.45, 7) is 0. The molecule has 6 heteroatoms. The van der Waals surface area contributed by atoms with Crippen LogP contribution in [0.1, 0.15) is 43.8 Å². The first-order valence-electron chi connectivity index (χ1n) is 12.5. The van der Waals surface area contributed by atoms with Crippen molar-refractivity contribution in [3.63, 3.8) is 0 Å². The van der Waals surface area contributed by atoms with Gasteiger partial charge in [-0.1, -0.05) is 91.0 Å². The van der Waals surface area contributed by atoms with Gasteiger partial charge < -0.3 is 10.6 Å². The molecule has 5 nitrogen and oxygen atoms in total. The Morgan fingerprint density at radius 2 is 1.21 bits per heavy atom. The predicted octanol–water partition coefficient (Wildman–Crippen LogP) is 5.74. The van der Waals surface area contributed by atoms with Crippen LogP contribution in [0.15, 0.2) is 120 Å². The van der Waals surface area contributed by atoms with E-state index in [1.807, 2.05) is 97.3 Å². The molecule has 0 aliphatic carbocycles. The summed E-state index contributed by atoms with van der Waals surface area (Å²) in [4.78, 5) is 44.3. The molecule has 4 atom stereocenters. The smallest absolute Gasteiger partial charge is 0.255 e. The molecule has 190 valence electrons. The maximum Gasteiger partial charge on any atom is 0.255 e. The van der Waals surface area contributed by atoms with E-state index in [1.54, 1.807) is 40.9 Å². The Morgan fingerprint density at radius 3 is 1.74 bits per heavy atom. The first-order chi connectivity index (χ1) is 18.5. The number of hydrogen-bond acceptors (Lipinski definition) is 4. The third-order valence-electron chi connectivity index (χ3n) is 7.22. The molecular formula is C32H28N2O3S. The molecule has 0 aromatic heterocycles. The maximum absolute atomic E-state index is 14.4. The van der Waals surface area contributed by atoms with Crippen LogP contribution in [0.25, 0.3) is 0 Å². The molecule has 5 rings (SSSR count). The third-order valence-corrected chi connectivity index (χ3v) is 7.96. The monoisotopic (exact) mass is 520 g/mol. The molecular weight excluding hydrogens is 492 g/mol. The molecule has 0 radical (unpaired) electrons. The van der Waals surface area contributed by atoms with Gasteiger partial charge in [0, 0.05) is 21.9 Å². The van der Waals surface area contributed by atoms with E-state index in [1.165, 1.54) is 0 Å². The summed E-state index contributed by atoms with van der Waals surface area (Å²) in [5.74, 6) is -2.46. The van der Waals surface area contributed by atoms with Gasteiger partial charge in [-0.05, 0) is 41.6 Å². The predicted molar refractivity (Wildman–Crippen MR) is 150 cm³/mol. The lowest BCUT2D eigenvalue weighted by Gasteiger charge is -2.31. The zero-order valence-electron chi connectivity index (χ0n) is 20.9. The van der Waals surface area contributed by atoms with Crippen molar-refractivity contribution in [2.45, 2.75) is 22.9 Å². The second kappa shape index (κ2) is 11.1. The van der Waals surface area contributed by atoms with Gasteiger partial charge in [0.25, 0.3) is 5.91 Å². The highest BCUT2D eigenvalue weighted by atomic mass is 32.2. The number of carbonyl (C=O) groups is 3. The summed E-state index contributed by atoms with van der Waals surface area (Å²) in [5.41, 5.74) is 8.60. The van der Waals surface area contributed by atoms with Crippen molar-refractivity contribution in [2.24, 2.45) is 11.7 Å². The van der Waals surface area contributed by atoms with Crippen LogP contribution in [0.3, 0.4) is 0 Å². The van der Waals surface area contributed by atoms with Crippen LogP contribution >= 0.6 is 11.8 Å². The summed E-state index contributed by atoms with van der Waals surface area (Å²) in [6, 6.07) is 33.5. The normalized spacial score (nSPS) is 20.7. The highest BCUT2D eigenvalue weighted by Gasteiger charge is 2.56. The fraction of sp³-hybridized carbons (Fsp3) is 0.156. The van der Waals surface area contributed by atoms with Crippen LogP contribution in [-0.4, -0.2) is 34.8 Å². The average Bonchev–Trinajstić information content (AvgIpc) is 3.34. The maximum atomic E-state index is 14.4. The standard InChI is InChI=1S/C32H28N2O3S/c1-38-25-19-17-23(18-20-25)30(35)27-26(21-11-5-2-6-12-21)29(31(33)36)34(28(27)22-13-7-3-8-14-22)32(37)24-15-9-4-10-16-24/h2-20,26-29H,1H3,(H2,33,36). The second-order valence-electron chi connectivity index (χ2n) is 9.34. The molecule has 2 amide bonds. The van der Waals surface area contributed by atoms with E-state index in [2.05, 4.69) is 0 Å². The van der Waals surface area contributed by atoms with Crippen LogP contribution in [0.2, 0.25) is 0 Å². The average molecular weight is 521 g/mol.